The Morgan fingerprint density at radius 3 is 2.94 bits per heavy atom. The van der Waals surface area contributed by atoms with Crippen molar-refractivity contribution in [3.63, 3.8) is 0 Å². The van der Waals surface area contributed by atoms with Gasteiger partial charge in [0.05, 0.1) is 17.6 Å². The molecule has 0 aliphatic rings. The van der Waals surface area contributed by atoms with Crippen LogP contribution >= 0.6 is 15.9 Å². The van der Waals surface area contributed by atoms with Crippen LogP contribution in [0.2, 0.25) is 0 Å². The maximum absolute atomic E-state index is 13.3. The van der Waals surface area contributed by atoms with Crippen molar-refractivity contribution < 1.29 is 4.39 Å². The fourth-order valence-electron chi connectivity index (χ4n) is 1.54. The van der Waals surface area contributed by atoms with E-state index in [9.17, 15) is 4.39 Å². The van der Waals surface area contributed by atoms with Gasteiger partial charge in [-0.1, -0.05) is 19.1 Å². The van der Waals surface area contributed by atoms with Crippen molar-refractivity contribution in [2.24, 2.45) is 0 Å². The number of benzene rings is 1. The third kappa shape index (κ3) is 2.94. The monoisotopic (exact) mass is 312 g/mol. The molecule has 0 atom stereocenters. The molecule has 0 unspecified atom stereocenters. The van der Waals surface area contributed by atoms with E-state index in [1.54, 1.807) is 16.9 Å². The number of nitrogens with zero attached hydrogens (tertiary/aromatic N) is 3. The second-order valence-corrected chi connectivity index (χ2v) is 5.12. The lowest BCUT2D eigenvalue weighted by Crippen LogP contribution is -2.23. The molecule has 96 valence electrons. The van der Waals surface area contributed by atoms with E-state index in [1.807, 2.05) is 0 Å². The smallest absolute Gasteiger partial charge is 0.125 e. The van der Waals surface area contributed by atoms with Gasteiger partial charge in [0.15, 0.2) is 0 Å². The van der Waals surface area contributed by atoms with Crippen molar-refractivity contribution in [2.45, 2.75) is 26.4 Å². The molecule has 0 radical (unpaired) electrons. The van der Waals surface area contributed by atoms with Crippen LogP contribution in [-0.4, -0.2) is 21.0 Å². The normalized spacial score (nSPS) is 11.2. The van der Waals surface area contributed by atoms with Crippen LogP contribution in [0.5, 0.6) is 0 Å². The molecule has 18 heavy (non-hydrogen) atoms. The Morgan fingerprint density at radius 1 is 1.44 bits per heavy atom. The third-order valence-electron chi connectivity index (χ3n) is 2.45. The standard InChI is InChI=1S/C12H14BrFN4/c1-8(2)15-6-10-7-16-17-18(10)12-5-9(14)3-4-11(12)13/h3-5,7-8,15H,6H2,1-2H3. The average Bonchev–Trinajstić information content (AvgIpc) is 2.77. The van der Waals surface area contributed by atoms with Gasteiger partial charge in [0.2, 0.25) is 0 Å². The molecule has 2 rings (SSSR count). The predicted octanol–water partition coefficient (Wildman–Crippen LogP) is 2.67. The summed E-state index contributed by atoms with van der Waals surface area (Å²) in [5.41, 5.74) is 1.53. The van der Waals surface area contributed by atoms with Crippen LogP contribution in [0.1, 0.15) is 19.5 Å². The Kier molecular flexibility index (Phi) is 4.08. The quantitative estimate of drug-likeness (QED) is 0.944. The zero-order chi connectivity index (χ0) is 13.1. The number of hydrogen-bond donors (Lipinski definition) is 1. The van der Waals surface area contributed by atoms with Gasteiger partial charge >= 0.3 is 0 Å². The summed E-state index contributed by atoms with van der Waals surface area (Å²) in [5, 5.41) is 11.2. The fraction of sp³-hybridized carbons (Fsp3) is 0.333. The largest absolute Gasteiger partial charge is 0.309 e. The van der Waals surface area contributed by atoms with E-state index in [0.717, 1.165) is 10.2 Å². The number of rotatable bonds is 4. The molecule has 0 saturated carbocycles. The Bertz CT molecular complexity index is 539. The van der Waals surface area contributed by atoms with Gasteiger partial charge in [-0.3, -0.25) is 0 Å². The lowest BCUT2D eigenvalue weighted by Gasteiger charge is -2.10. The molecule has 0 bridgehead atoms. The van der Waals surface area contributed by atoms with E-state index in [2.05, 4.69) is 45.4 Å². The minimum absolute atomic E-state index is 0.300. The number of aromatic nitrogens is 3. The molecule has 1 heterocycles. The zero-order valence-electron chi connectivity index (χ0n) is 10.2. The third-order valence-corrected chi connectivity index (χ3v) is 3.12. The summed E-state index contributed by atoms with van der Waals surface area (Å²) in [6.45, 7) is 4.76. The van der Waals surface area contributed by atoms with Crippen molar-refractivity contribution in [2.75, 3.05) is 0 Å². The maximum atomic E-state index is 13.3. The average molecular weight is 313 g/mol. The molecule has 0 saturated heterocycles. The second-order valence-electron chi connectivity index (χ2n) is 4.27. The van der Waals surface area contributed by atoms with E-state index in [4.69, 9.17) is 0 Å². The van der Waals surface area contributed by atoms with Gasteiger partial charge in [-0.25, -0.2) is 9.07 Å². The van der Waals surface area contributed by atoms with Crippen molar-refractivity contribution >= 4 is 15.9 Å². The summed E-state index contributed by atoms with van der Waals surface area (Å²) >= 11 is 3.39. The molecular formula is C12H14BrFN4. The first-order chi connectivity index (χ1) is 8.58. The molecular weight excluding hydrogens is 299 g/mol. The highest BCUT2D eigenvalue weighted by Crippen LogP contribution is 2.22. The molecule has 1 N–H and O–H groups in total. The molecule has 0 aliphatic carbocycles. The van der Waals surface area contributed by atoms with Crippen molar-refractivity contribution in [3.8, 4) is 5.69 Å². The van der Waals surface area contributed by atoms with Crippen molar-refractivity contribution in [1.29, 1.82) is 0 Å². The molecule has 4 nitrogen and oxygen atoms in total. The first-order valence-corrected chi connectivity index (χ1v) is 6.45. The van der Waals surface area contributed by atoms with E-state index in [0.29, 0.717) is 18.3 Å². The van der Waals surface area contributed by atoms with Gasteiger partial charge in [-0.15, -0.1) is 5.10 Å². The van der Waals surface area contributed by atoms with Gasteiger partial charge in [0.1, 0.15) is 5.82 Å². The van der Waals surface area contributed by atoms with Crippen LogP contribution < -0.4 is 5.32 Å². The van der Waals surface area contributed by atoms with Gasteiger partial charge < -0.3 is 5.32 Å². The summed E-state index contributed by atoms with van der Waals surface area (Å²) in [6.07, 6.45) is 1.67. The molecule has 0 amide bonds. The summed E-state index contributed by atoms with van der Waals surface area (Å²) in [7, 11) is 0. The van der Waals surface area contributed by atoms with Crippen LogP contribution in [0.25, 0.3) is 5.69 Å². The van der Waals surface area contributed by atoms with Gasteiger partial charge in [0, 0.05) is 23.1 Å². The summed E-state index contributed by atoms with van der Waals surface area (Å²) in [5.74, 6) is -0.300. The van der Waals surface area contributed by atoms with E-state index >= 15 is 0 Å². The maximum Gasteiger partial charge on any atom is 0.125 e. The molecule has 1 aromatic carbocycles. The van der Waals surface area contributed by atoms with Crippen LogP contribution in [0, 0.1) is 5.82 Å². The first-order valence-electron chi connectivity index (χ1n) is 5.66. The Balaban J connectivity index is 2.33. The van der Waals surface area contributed by atoms with Gasteiger partial charge in [-0.2, -0.15) is 0 Å². The minimum Gasteiger partial charge on any atom is -0.309 e. The fourth-order valence-corrected chi connectivity index (χ4v) is 1.95. The Morgan fingerprint density at radius 2 is 2.22 bits per heavy atom. The summed E-state index contributed by atoms with van der Waals surface area (Å²) in [6, 6.07) is 4.85. The minimum atomic E-state index is -0.300. The number of nitrogens with one attached hydrogen (secondary N) is 1. The second kappa shape index (κ2) is 5.58. The van der Waals surface area contributed by atoms with Crippen LogP contribution in [-0.2, 0) is 6.54 Å². The van der Waals surface area contributed by atoms with E-state index < -0.39 is 0 Å². The molecule has 2 aromatic rings. The predicted molar refractivity (Wildman–Crippen MR) is 71.0 cm³/mol. The molecule has 6 heteroatoms. The molecule has 0 aliphatic heterocycles. The van der Waals surface area contributed by atoms with Crippen molar-refractivity contribution in [3.05, 3.63) is 40.4 Å². The van der Waals surface area contributed by atoms with Crippen molar-refractivity contribution in [1.82, 2.24) is 20.3 Å². The van der Waals surface area contributed by atoms with Gasteiger partial charge in [-0.05, 0) is 28.1 Å². The Hall–Kier alpha value is -1.27. The Labute approximate surface area is 113 Å². The highest BCUT2D eigenvalue weighted by molar-refractivity contribution is 9.10. The summed E-state index contributed by atoms with van der Waals surface area (Å²) in [4.78, 5) is 0. The summed E-state index contributed by atoms with van der Waals surface area (Å²) < 4.78 is 15.7. The lowest BCUT2D eigenvalue weighted by molar-refractivity contribution is 0.568. The molecule has 0 fully saturated rings. The van der Waals surface area contributed by atoms with Crippen LogP contribution in [0.15, 0.2) is 28.9 Å². The molecule has 1 aromatic heterocycles. The van der Waals surface area contributed by atoms with Crippen LogP contribution in [0.4, 0.5) is 4.39 Å². The number of hydrogen-bond acceptors (Lipinski definition) is 3. The number of halogens is 2. The topological polar surface area (TPSA) is 42.7 Å². The highest BCUT2D eigenvalue weighted by Gasteiger charge is 2.10. The van der Waals surface area contributed by atoms with E-state index in [1.165, 1.54) is 12.1 Å². The van der Waals surface area contributed by atoms with Crippen LogP contribution in [0.3, 0.4) is 0 Å². The SMILES string of the molecule is CC(C)NCc1cnnn1-c1cc(F)ccc1Br. The molecule has 0 spiro atoms. The van der Waals surface area contributed by atoms with E-state index in [-0.39, 0.29) is 5.82 Å². The van der Waals surface area contributed by atoms with Gasteiger partial charge in [0.25, 0.3) is 0 Å². The highest BCUT2D eigenvalue weighted by atomic mass is 79.9. The first kappa shape index (κ1) is 13.2. The lowest BCUT2D eigenvalue weighted by atomic mass is 10.3. The zero-order valence-corrected chi connectivity index (χ0v) is 11.8.